The second kappa shape index (κ2) is 4.58. The van der Waals surface area contributed by atoms with Gasteiger partial charge in [0.2, 0.25) is 0 Å². The largest absolute Gasteiger partial charge is 0.396 e. The van der Waals surface area contributed by atoms with Crippen LogP contribution in [0.4, 0.5) is 5.82 Å². The summed E-state index contributed by atoms with van der Waals surface area (Å²) >= 11 is 1.49. The number of anilines is 1. The monoisotopic (exact) mass is 319 g/mol. The summed E-state index contributed by atoms with van der Waals surface area (Å²) < 4.78 is 2.17. The molecule has 2 heterocycles. The number of nitrogens with zero attached hydrogens (tertiary/aromatic N) is 4. The summed E-state index contributed by atoms with van der Waals surface area (Å²) in [5, 5.41) is 10.5. The maximum atomic E-state index is 9.84. The highest BCUT2D eigenvalue weighted by molar-refractivity contribution is 7.98. The fraction of sp³-hybridized carbons (Fsp3) is 0.667. The Morgan fingerprint density at radius 1 is 1.45 bits per heavy atom. The van der Waals surface area contributed by atoms with Gasteiger partial charge in [-0.25, -0.2) is 15.0 Å². The fourth-order valence-corrected chi connectivity index (χ4v) is 4.89. The zero-order chi connectivity index (χ0) is 15.6. The number of aromatic nitrogens is 4. The highest BCUT2D eigenvalue weighted by atomic mass is 32.2. The number of fused-ring (bicyclic) bond motifs is 2. The summed E-state index contributed by atoms with van der Waals surface area (Å²) in [5.41, 5.74) is 7.62. The normalized spacial score (nSPS) is 36.7. The molecule has 0 bridgehead atoms. The minimum Gasteiger partial charge on any atom is -0.396 e. The van der Waals surface area contributed by atoms with Gasteiger partial charge in [-0.15, -0.1) is 0 Å². The summed E-state index contributed by atoms with van der Waals surface area (Å²) in [5.74, 6) is 1.94. The summed E-state index contributed by atoms with van der Waals surface area (Å²) in [7, 11) is 0. The van der Waals surface area contributed by atoms with E-state index in [0.717, 1.165) is 12.1 Å². The van der Waals surface area contributed by atoms with Gasteiger partial charge in [0.25, 0.3) is 0 Å². The first kappa shape index (κ1) is 14.3. The second-order valence-electron chi connectivity index (χ2n) is 6.76. The molecular weight excluding hydrogens is 298 g/mol. The summed E-state index contributed by atoms with van der Waals surface area (Å²) in [6.07, 6.45) is 4.88. The summed E-state index contributed by atoms with van der Waals surface area (Å²) in [6.45, 7) is 4.81. The van der Waals surface area contributed by atoms with Crippen LogP contribution in [0.5, 0.6) is 0 Å². The second-order valence-corrected chi connectivity index (χ2v) is 7.53. The molecule has 7 heteroatoms. The Labute approximate surface area is 133 Å². The number of imidazole rings is 1. The van der Waals surface area contributed by atoms with Gasteiger partial charge in [-0.05, 0) is 30.4 Å². The van der Waals surface area contributed by atoms with Crippen molar-refractivity contribution in [2.45, 2.75) is 31.5 Å². The van der Waals surface area contributed by atoms with Crippen LogP contribution in [-0.4, -0.2) is 37.5 Å². The fourth-order valence-electron chi connectivity index (χ4n) is 4.52. The number of hydrogen-bond acceptors (Lipinski definition) is 6. The third-order valence-corrected chi connectivity index (χ3v) is 6.60. The molecule has 5 unspecified atom stereocenters. The van der Waals surface area contributed by atoms with Crippen molar-refractivity contribution in [3.05, 3.63) is 6.33 Å². The third kappa shape index (κ3) is 1.64. The average molecular weight is 319 g/mol. The molecule has 2 aliphatic carbocycles. The Hall–Kier alpha value is -1.34. The zero-order valence-electron chi connectivity index (χ0n) is 13.0. The first-order valence-corrected chi connectivity index (χ1v) is 8.91. The lowest BCUT2D eigenvalue weighted by molar-refractivity contribution is 0.153. The van der Waals surface area contributed by atoms with Crippen molar-refractivity contribution < 1.29 is 5.11 Å². The van der Waals surface area contributed by atoms with Gasteiger partial charge in [0.15, 0.2) is 16.6 Å². The van der Waals surface area contributed by atoms with Crippen LogP contribution in [0.2, 0.25) is 0 Å². The molecule has 3 N–H and O–H groups in total. The van der Waals surface area contributed by atoms with E-state index in [1.165, 1.54) is 11.8 Å². The predicted molar refractivity (Wildman–Crippen MR) is 86.5 cm³/mol. The number of nitrogens with two attached hydrogens (primary N) is 1. The van der Waals surface area contributed by atoms with Crippen LogP contribution in [0.3, 0.4) is 0 Å². The summed E-state index contributed by atoms with van der Waals surface area (Å²) in [4.78, 5) is 13.3. The SMILES string of the molecule is CSc1nc(N)c2ncn(C3C(C)C(C)C4(CO)CC34)c2n1. The van der Waals surface area contributed by atoms with Crippen LogP contribution in [0, 0.1) is 23.2 Å². The van der Waals surface area contributed by atoms with E-state index >= 15 is 0 Å². The topological polar surface area (TPSA) is 89.8 Å². The highest BCUT2D eigenvalue weighted by Crippen LogP contribution is 2.72. The summed E-state index contributed by atoms with van der Waals surface area (Å²) in [6, 6.07) is 0.330. The average Bonchev–Trinajstić information content (AvgIpc) is 3.03. The number of nitrogen functional groups attached to an aromatic ring is 1. The molecule has 2 fully saturated rings. The number of aliphatic hydroxyl groups is 1. The molecule has 2 saturated carbocycles. The van der Waals surface area contributed by atoms with Crippen molar-refractivity contribution in [2.75, 3.05) is 18.6 Å². The smallest absolute Gasteiger partial charge is 0.191 e. The molecule has 2 aromatic heterocycles. The molecule has 0 amide bonds. The maximum absolute atomic E-state index is 9.84. The van der Waals surface area contributed by atoms with Crippen LogP contribution in [0.1, 0.15) is 26.3 Å². The number of rotatable bonds is 3. The van der Waals surface area contributed by atoms with Gasteiger partial charge in [-0.2, -0.15) is 0 Å². The van der Waals surface area contributed by atoms with E-state index in [4.69, 9.17) is 5.73 Å². The van der Waals surface area contributed by atoms with E-state index in [0.29, 0.717) is 40.3 Å². The van der Waals surface area contributed by atoms with E-state index < -0.39 is 0 Å². The highest BCUT2D eigenvalue weighted by Gasteiger charge is 2.68. The molecule has 5 atom stereocenters. The van der Waals surface area contributed by atoms with E-state index in [1.807, 2.05) is 12.6 Å². The first-order valence-electron chi connectivity index (χ1n) is 7.68. The lowest BCUT2D eigenvalue weighted by Crippen LogP contribution is -2.21. The van der Waals surface area contributed by atoms with Crippen molar-refractivity contribution in [3.8, 4) is 0 Å². The van der Waals surface area contributed by atoms with Gasteiger partial charge in [0.05, 0.1) is 6.33 Å². The Balaban J connectivity index is 1.84. The molecule has 4 rings (SSSR count). The molecule has 118 valence electrons. The third-order valence-electron chi connectivity index (χ3n) is 6.05. The van der Waals surface area contributed by atoms with E-state index in [-0.39, 0.29) is 12.0 Å². The van der Waals surface area contributed by atoms with Crippen LogP contribution in [0.15, 0.2) is 11.5 Å². The van der Waals surface area contributed by atoms with E-state index in [1.54, 1.807) is 0 Å². The van der Waals surface area contributed by atoms with Gasteiger partial charge in [-0.3, -0.25) is 0 Å². The number of thioether (sulfide) groups is 1. The first-order chi connectivity index (χ1) is 10.5. The Morgan fingerprint density at radius 2 is 2.23 bits per heavy atom. The number of aliphatic hydroxyl groups excluding tert-OH is 1. The van der Waals surface area contributed by atoms with Crippen molar-refractivity contribution in [1.29, 1.82) is 0 Å². The van der Waals surface area contributed by atoms with Crippen LogP contribution >= 0.6 is 11.8 Å². The van der Waals surface area contributed by atoms with Gasteiger partial charge in [0, 0.05) is 18.1 Å². The van der Waals surface area contributed by atoms with Gasteiger partial charge in [0.1, 0.15) is 5.52 Å². The Kier molecular flexibility index (Phi) is 2.97. The molecule has 0 aliphatic heterocycles. The lowest BCUT2D eigenvalue weighted by atomic mass is 9.85. The minimum atomic E-state index is 0.0988. The van der Waals surface area contributed by atoms with Crippen LogP contribution in [-0.2, 0) is 0 Å². The quantitative estimate of drug-likeness (QED) is 0.664. The molecule has 6 nitrogen and oxygen atoms in total. The zero-order valence-corrected chi connectivity index (χ0v) is 13.8. The van der Waals surface area contributed by atoms with Crippen molar-refractivity contribution in [3.63, 3.8) is 0 Å². The number of hydrogen-bond donors (Lipinski definition) is 2. The Bertz CT molecular complexity index is 747. The van der Waals surface area contributed by atoms with Crippen molar-refractivity contribution in [2.24, 2.45) is 23.2 Å². The predicted octanol–water partition coefficient (Wildman–Crippen LogP) is 1.96. The van der Waals surface area contributed by atoms with Gasteiger partial charge < -0.3 is 15.4 Å². The van der Waals surface area contributed by atoms with Crippen LogP contribution < -0.4 is 5.73 Å². The van der Waals surface area contributed by atoms with Gasteiger partial charge >= 0.3 is 0 Å². The maximum Gasteiger partial charge on any atom is 0.191 e. The van der Waals surface area contributed by atoms with Crippen molar-refractivity contribution in [1.82, 2.24) is 19.5 Å². The van der Waals surface area contributed by atoms with Crippen LogP contribution in [0.25, 0.3) is 11.2 Å². The van der Waals surface area contributed by atoms with Gasteiger partial charge in [-0.1, -0.05) is 25.6 Å². The Morgan fingerprint density at radius 3 is 2.86 bits per heavy atom. The molecule has 2 aromatic rings. The molecule has 22 heavy (non-hydrogen) atoms. The lowest BCUT2D eigenvalue weighted by Gasteiger charge is -2.25. The van der Waals surface area contributed by atoms with Crippen molar-refractivity contribution >= 4 is 28.7 Å². The minimum absolute atomic E-state index is 0.0988. The molecule has 2 aliphatic rings. The van der Waals surface area contributed by atoms with E-state index in [2.05, 4.69) is 33.4 Å². The van der Waals surface area contributed by atoms with E-state index in [9.17, 15) is 5.11 Å². The molecular formula is C15H21N5OS. The molecule has 0 radical (unpaired) electrons. The molecule has 0 aromatic carbocycles. The molecule has 0 spiro atoms. The standard InChI is InChI=1S/C15H21N5OS/c1-7-8(2)15(5-21)4-9(15)11(7)20-6-17-10-12(16)18-14(22-3)19-13(10)20/h6-9,11,21H,4-5H2,1-3H3,(H2,16,18,19). The molecule has 0 saturated heterocycles.